The summed E-state index contributed by atoms with van der Waals surface area (Å²) >= 11 is 1.46. The van der Waals surface area contributed by atoms with E-state index in [1.807, 2.05) is 0 Å². The number of rotatable bonds is 8. The van der Waals surface area contributed by atoms with Gasteiger partial charge in [0.15, 0.2) is 6.29 Å². The smallest absolute Gasteiger partial charge is 0.306 e. The lowest BCUT2D eigenvalue weighted by molar-refractivity contribution is -0.295. The van der Waals surface area contributed by atoms with Crippen LogP contribution in [0.4, 0.5) is 0 Å². The topological polar surface area (TPSA) is 126 Å². The number of hydrogen-bond donors (Lipinski definition) is 4. The summed E-state index contributed by atoms with van der Waals surface area (Å²) in [5.41, 5.74) is 0. The zero-order chi connectivity index (χ0) is 15.8. The van der Waals surface area contributed by atoms with E-state index in [1.54, 1.807) is 0 Å². The van der Waals surface area contributed by atoms with Crippen molar-refractivity contribution in [3.63, 3.8) is 0 Å². The second-order valence-corrected chi connectivity index (χ2v) is 5.73. The normalized spacial score (nSPS) is 32.9. The van der Waals surface area contributed by atoms with E-state index in [1.165, 1.54) is 18.9 Å². The van der Waals surface area contributed by atoms with Crippen molar-refractivity contribution in [3.05, 3.63) is 0 Å². The van der Waals surface area contributed by atoms with Gasteiger partial charge in [-0.15, -0.1) is 0 Å². The van der Waals surface area contributed by atoms with Crippen molar-refractivity contribution >= 4 is 17.7 Å². The Labute approximate surface area is 127 Å². The Morgan fingerprint density at radius 1 is 1.24 bits per heavy atom. The first-order valence-corrected chi connectivity index (χ1v) is 7.73. The highest BCUT2D eigenvalue weighted by molar-refractivity contribution is 7.99. The van der Waals surface area contributed by atoms with Crippen molar-refractivity contribution in [3.8, 4) is 0 Å². The number of methoxy groups -OCH3 is 1. The second-order valence-electron chi connectivity index (χ2n) is 4.50. The van der Waals surface area contributed by atoms with E-state index in [-0.39, 0.29) is 12.6 Å². The van der Waals surface area contributed by atoms with E-state index < -0.39 is 37.3 Å². The van der Waals surface area contributed by atoms with Crippen molar-refractivity contribution in [1.29, 1.82) is 0 Å². The molecule has 1 saturated heterocycles. The molecule has 0 spiro atoms. The van der Waals surface area contributed by atoms with Gasteiger partial charge in [-0.05, 0) is 0 Å². The molecule has 1 aliphatic rings. The van der Waals surface area contributed by atoms with Crippen LogP contribution in [0.15, 0.2) is 0 Å². The van der Waals surface area contributed by atoms with E-state index in [2.05, 4.69) is 4.74 Å². The molecule has 4 N–H and O–H groups in total. The first kappa shape index (κ1) is 18.6. The van der Waals surface area contributed by atoms with Crippen LogP contribution in [0.5, 0.6) is 0 Å². The number of aliphatic hydroxyl groups excluding tert-OH is 4. The van der Waals surface area contributed by atoms with Crippen molar-refractivity contribution in [1.82, 2.24) is 0 Å². The Bertz CT molecular complexity index is 316. The third-order valence-corrected chi connectivity index (χ3v) is 4.01. The predicted molar refractivity (Wildman–Crippen MR) is 73.7 cm³/mol. The Kier molecular flexibility index (Phi) is 8.49. The van der Waals surface area contributed by atoms with Gasteiger partial charge in [0.1, 0.15) is 24.4 Å². The number of aliphatic hydroxyl groups is 4. The van der Waals surface area contributed by atoms with Gasteiger partial charge in [0.2, 0.25) is 0 Å². The molecule has 0 bridgehead atoms. The Balaban J connectivity index is 2.23. The molecule has 0 aromatic carbocycles. The van der Waals surface area contributed by atoms with Gasteiger partial charge in [-0.1, -0.05) is 0 Å². The first-order chi connectivity index (χ1) is 10.0. The van der Waals surface area contributed by atoms with Crippen LogP contribution >= 0.6 is 11.8 Å². The van der Waals surface area contributed by atoms with Crippen molar-refractivity contribution in [2.75, 3.05) is 31.8 Å². The first-order valence-electron chi connectivity index (χ1n) is 6.58. The minimum absolute atomic E-state index is 0.213. The van der Waals surface area contributed by atoms with Crippen LogP contribution in [0, 0.1) is 0 Å². The Hall–Kier alpha value is -0.420. The minimum Gasteiger partial charge on any atom is -0.469 e. The highest BCUT2D eigenvalue weighted by Crippen LogP contribution is 2.22. The quantitative estimate of drug-likeness (QED) is 0.299. The molecule has 0 amide bonds. The maximum atomic E-state index is 10.9. The zero-order valence-corrected chi connectivity index (χ0v) is 12.6. The summed E-state index contributed by atoms with van der Waals surface area (Å²) < 4.78 is 14.8. The fourth-order valence-corrected chi connectivity index (χ4v) is 2.58. The van der Waals surface area contributed by atoms with Crippen LogP contribution in [0.25, 0.3) is 0 Å². The van der Waals surface area contributed by atoms with Crippen molar-refractivity contribution in [2.24, 2.45) is 0 Å². The fourth-order valence-electron chi connectivity index (χ4n) is 1.85. The van der Waals surface area contributed by atoms with Gasteiger partial charge < -0.3 is 34.6 Å². The molecule has 0 aromatic rings. The van der Waals surface area contributed by atoms with Gasteiger partial charge in [-0.2, -0.15) is 11.8 Å². The highest BCUT2D eigenvalue weighted by Gasteiger charge is 2.44. The molecule has 8 nitrogen and oxygen atoms in total. The van der Waals surface area contributed by atoms with Gasteiger partial charge >= 0.3 is 5.97 Å². The average Bonchev–Trinajstić information content (AvgIpc) is 2.48. The molecule has 0 aliphatic carbocycles. The number of esters is 1. The number of ether oxygens (including phenoxy) is 3. The number of thioether (sulfide) groups is 1. The lowest BCUT2D eigenvalue weighted by Crippen LogP contribution is -2.59. The molecule has 0 unspecified atom stereocenters. The molecular formula is C12H22O8S. The second kappa shape index (κ2) is 9.57. The van der Waals surface area contributed by atoms with Crippen LogP contribution in [0.2, 0.25) is 0 Å². The third-order valence-electron chi connectivity index (χ3n) is 3.06. The molecule has 0 aromatic heterocycles. The molecule has 5 atom stereocenters. The van der Waals surface area contributed by atoms with Crippen LogP contribution in [-0.2, 0) is 19.0 Å². The lowest BCUT2D eigenvalue weighted by atomic mass is 9.99. The number of carbonyl (C=O) groups excluding carboxylic acids is 1. The zero-order valence-electron chi connectivity index (χ0n) is 11.8. The molecule has 1 rings (SSSR count). The van der Waals surface area contributed by atoms with Crippen LogP contribution in [0.3, 0.4) is 0 Å². The molecule has 0 radical (unpaired) electrons. The Morgan fingerprint density at radius 2 is 1.95 bits per heavy atom. The maximum absolute atomic E-state index is 10.9. The molecule has 9 heteroatoms. The lowest BCUT2D eigenvalue weighted by Gasteiger charge is -2.39. The van der Waals surface area contributed by atoms with E-state index >= 15 is 0 Å². The molecule has 0 saturated carbocycles. The van der Waals surface area contributed by atoms with Gasteiger partial charge in [-0.3, -0.25) is 4.79 Å². The van der Waals surface area contributed by atoms with Crippen LogP contribution < -0.4 is 0 Å². The largest absolute Gasteiger partial charge is 0.469 e. The molecule has 124 valence electrons. The highest BCUT2D eigenvalue weighted by atomic mass is 32.2. The van der Waals surface area contributed by atoms with Gasteiger partial charge in [0.25, 0.3) is 0 Å². The summed E-state index contributed by atoms with van der Waals surface area (Å²) in [5.74, 6) is 0.845. The van der Waals surface area contributed by atoms with Gasteiger partial charge in [-0.25, -0.2) is 0 Å². The fraction of sp³-hybridized carbons (Fsp3) is 0.917. The van der Waals surface area contributed by atoms with E-state index in [0.29, 0.717) is 17.9 Å². The van der Waals surface area contributed by atoms with E-state index in [9.17, 15) is 20.1 Å². The summed E-state index contributed by atoms with van der Waals surface area (Å²) in [6, 6.07) is 0. The molecule has 1 heterocycles. The van der Waals surface area contributed by atoms with E-state index in [0.717, 1.165) is 0 Å². The summed E-state index contributed by atoms with van der Waals surface area (Å²) in [5, 5.41) is 38.1. The predicted octanol–water partition coefficient (Wildman–Crippen LogP) is -1.90. The summed E-state index contributed by atoms with van der Waals surface area (Å²) in [6.45, 7) is -0.296. The SMILES string of the molecule is COC(=O)CCSCCO[C@@H]1[C@@H](O)[C@@H](O)[C@@H](CO)O[C@H]1O. The molecule has 1 aliphatic heterocycles. The standard InChI is InChI=1S/C12H22O8S/c1-18-8(14)2-4-21-5-3-19-11-10(16)9(15)7(6-13)20-12(11)17/h7,9-13,15-17H,2-6H2,1H3/t7-,9+,10+,11-,12-/m1/s1. The average molecular weight is 326 g/mol. The monoisotopic (exact) mass is 326 g/mol. The van der Waals surface area contributed by atoms with Gasteiger partial charge in [0, 0.05) is 11.5 Å². The summed E-state index contributed by atoms with van der Waals surface area (Å²) in [6.07, 6.45) is -5.90. The Morgan fingerprint density at radius 3 is 2.57 bits per heavy atom. The molecule has 21 heavy (non-hydrogen) atoms. The maximum Gasteiger partial charge on any atom is 0.306 e. The van der Waals surface area contributed by atoms with E-state index in [4.69, 9.17) is 14.6 Å². The number of carbonyl (C=O) groups is 1. The minimum atomic E-state index is -1.42. The molecule has 1 fully saturated rings. The molecular weight excluding hydrogens is 304 g/mol. The van der Waals surface area contributed by atoms with Crippen molar-refractivity contribution < 1.29 is 39.4 Å². The number of hydrogen-bond acceptors (Lipinski definition) is 9. The van der Waals surface area contributed by atoms with Crippen LogP contribution in [-0.4, -0.2) is 88.9 Å². The van der Waals surface area contributed by atoms with Crippen molar-refractivity contribution in [2.45, 2.75) is 37.1 Å². The third kappa shape index (κ3) is 5.70. The van der Waals surface area contributed by atoms with Gasteiger partial charge in [0.05, 0.1) is 26.7 Å². The summed E-state index contributed by atoms with van der Waals surface area (Å²) in [7, 11) is 1.33. The summed E-state index contributed by atoms with van der Waals surface area (Å²) in [4.78, 5) is 10.9. The van der Waals surface area contributed by atoms with Crippen LogP contribution in [0.1, 0.15) is 6.42 Å².